The first-order valence-corrected chi connectivity index (χ1v) is 13.9. The van der Waals surface area contributed by atoms with Crippen LogP contribution in [0.3, 0.4) is 0 Å². The summed E-state index contributed by atoms with van der Waals surface area (Å²) in [7, 11) is 0. The van der Waals surface area contributed by atoms with Crippen molar-refractivity contribution in [2.45, 2.75) is 44.9 Å². The van der Waals surface area contributed by atoms with E-state index in [0.29, 0.717) is 11.6 Å². The van der Waals surface area contributed by atoms with Gasteiger partial charge in [0.25, 0.3) is 0 Å². The Balaban J connectivity index is 1.22. The number of fused-ring (bicyclic) bond motifs is 2. The van der Waals surface area contributed by atoms with Crippen molar-refractivity contribution in [1.82, 2.24) is 25.1 Å². The summed E-state index contributed by atoms with van der Waals surface area (Å²) in [5, 5.41) is 13.5. The summed E-state index contributed by atoms with van der Waals surface area (Å²) in [4.78, 5) is 15.3. The Kier molecular flexibility index (Phi) is 5.84. The Morgan fingerprint density at radius 1 is 0.921 bits per heavy atom. The molecular formula is C31H33N7. The third kappa shape index (κ3) is 4.22. The van der Waals surface area contributed by atoms with Crippen LogP contribution in [0.1, 0.15) is 44.9 Å². The molecular weight excluding hydrogens is 470 g/mol. The molecule has 7 heteroatoms. The Hall–Kier alpha value is -4.13. The average molecular weight is 504 g/mol. The maximum atomic E-state index is 4.67. The minimum absolute atomic E-state index is 0.553. The zero-order chi connectivity index (χ0) is 25.5. The second-order valence-corrected chi connectivity index (χ2v) is 10.8. The first-order valence-electron chi connectivity index (χ1n) is 13.9. The van der Waals surface area contributed by atoms with E-state index in [2.05, 4.69) is 78.3 Å². The van der Waals surface area contributed by atoms with Gasteiger partial charge >= 0.3 is 0 Å². The average Bonchev–Trinajstić information content (AvgIpc) is 3.73. The number of aromatic nitrogens is 5. The summed E-state index contributed by atoms with van der Waals surface area (Å²) in [6.07, 6.45) is 14.5. The standard InChI is InChI=1S/C31H33N7/c1-20(21-8-3-4-9-21)34-24-14-22(17-32-19-24)23-15-26-30(36-37-31(26)33-18-23)28-16-25-27(35-28)10-7-11-29(25)38-12-5-2-6-13-38/h7,10-11,14-19,21,34-35H,1-6,8-9,12-13H2,(H,33,36,37). The first kappa shape index (κ1) is 23.0. The molecule has 38 heavy (non-hydrogen) atoms. The Bertz CT molecular complexity index is 1620. The number of aromatic amines is 2. The number of pyridine rings is 2. The number of benzene rings is 1. The molecule has 7 nitrogen and oxygen atoms in total. The molecule has 0 radical (unpaired) electrons. The lowest BCUT2D eigenvalue weighted by atomic mass is 10.0. The van der Waals surface area contributed by atoms with Crippen molar-refractivity contribution in [3.05, 3.63) is 67.3 Å². The molecule has 4 aromatic heterocycles. The highest BCUT2D eigenvalue weighted by Crippen LogP contribution is 2.36. The second-order valence-electron chi connectivity index (χ2n) is 10.8. The summed E-state index contributed by atoms with van der Waals surface area (Å²) in [6.45, 7) is 6.54. The van der Waals surface area contributed by atoms with E-state index >= 15 is 0 Å². The third-order valence-corrected chi connectivity index (χ3v) is 8.24. The fraction of sp³-hybridized carbons (Fsp3) is 0.323. The number of nitrogens with one attached hydrogen (secondary N) is 3. The number of rotatable bonds is 6. The highest BCUT2D eigenvalue weighted by Gasteiger charge is 2.19. The maximum Gasteiger partial charge on any atom is 0.181 e. The molecule has 1 saturated heterocycles. The lowest BCUT2D eigenvalue weighted by Crippen LogP contribution is -2.29. The van der Waals surface area contributed by atoms with Gasteiger partial charge in [0.1, 0.15) is 0 Å². The normalized spacial score (nSPS) is 16.5. The fourth-order valence-corrected chi connectivity index (χ4v) is 6.18. The topological polar surface area (TPSA) is 85.5 Å². The van der Waals surface area contributed by atoms with E-state index in [1.54, 1.807) is 0 Å². The molecule has 2 aliphatic rings. The van der Waals surface area contributed by atoms with Crippen LogP contribution < -0.4 is 10.2 Å². The maximum absolute atomic E-state index is 4.67. The number of piperidine rings is 1. The van der Waals surface area contributed by atoms with Gasteiger partial charge in [-0.2, -0.15) is 5.10 Å². The van der Waals surface area contributed by atoms with Crippen molar-refractivity contribution in [2.24, 2.45) is 5.92 Å². The number of hydrogen-bond acceptors (Lipinski definition) is 5. The molecule has 7 rings (SSSR count). The molecule has 0 spiro atoms. The summed E-state index contributed by atoms with van der Waals surface area (Å²) >= 11 is 0. The van der Waals surface area contributed by atoms with E-state index in [1.165, 1.54) is 56.0 Å². The van der Waals surface area contributed by atoms with Crippen LogP contribution >= 0.6 is 0 Å². The number of anilines is 2. The lowest BCUT2D eigenvalue weighted by Gasteiger charge is -2.29. The molecule has 0 atom stereocenters. The second kappa shape index (κ2) is 9.63. The predicted octanol–water partition coefficient (Wildman–Crippen LogP) is 7.27. The van der Waals surface area contributed by atoms with Crippen LogP contribution in [-0.2, 0) is 0 Å². The van der Waals surface area contributed by atoms with E-state index in [0.717, 1.165) is 57.9 Å². The van der Waals surface area contributed by atoms with E-state index in [4.69, 9.17) is 0 Å². The highest BCUT2D eigenvalue weighted by molar-refractivity contribution is 6.00. The summed E-state index contributed by atoms with van der Waals surface area (Å²) in [6, 6.07) is 13.1. The summed E-state index contributed by atoms with van der Waals surface area (Å²) in [5.41, 5.74) is 9.20. The van der Waals surface area contributed by atoms with Crippen LogP contribution in [0.25, 0.3) is 44.5 Å². The minimum atomic E-state index is 0.553. The van der Waals surface area contributed by atoms with Crippen LogP contribution in [-0.4, -0.2) is 38.2 Å². The van der Waals surface area contributed by atoms with Gasteiger partial charge in [-0.25, -0.2) is 4.98 Å². The van der Waals surface area contributed by atoms with Gasteiger partial charge in [-0.1, -0.05) is 25.5 Å². The summed E-state index contributed by atoms with van der Waals surface area (Å²) < 4.78 is 0. The quantitative estimate of drug-likeness (QED) is 0.227. The van der Waals surface area contributed by atoms with Crippen molar-refractivity contribution < 1.29 is 0 Å². The molecule has 0 bridgehead atoms. The smallest absolute Gasteiger partial charge is 0.181 e. The zero-order valence-electron chi connectivity index (χ0n) is 21.6. The van der Waals surface area contributed by atoms with Gasteiger partial charge in [0, 0.05) is 64.3 Å². The van der Waals surface area contributed by atoms with E-state index < -0.39 is 0 Å². The highest BCUT2D eigenvalue weighted by atomic mass is 15.2. The van der Waals surface area contributed by atoms with Gasteiger partial charge in [0.05, 0.1) is 23.3 Å². The van der Waals surface area contributed by atoms with Crippen molar-refractivity contribution in [1.29, 1.82) is 0 Å². The Labute approximate surface area is 222 Å². The largest absolute Gasteiger partial charge is 0.371 e. The predicted molar refractivity (Wildman–Crippen MR) is 155 cm³/mol. The van der Waals surface area contributed by atoms with Gasteiger partial charge in [0.15, 0.2) is 5.65 Å². The molecule has 1 aromatic carbocycles. The van der Waals surface area contributed by atoms with Crippen molar-refractivity contribution in [2.75, 3.05) is 23.3 Å². The van der Waals surface area contributed by atoms with E-state index in [1.807, 2.05) is 18.6 Å². The van der Waals surface area contributed by atoms with E-state index in [9.17, 15) is 0 Å². The van der Waals surface area contributed by atoms with Gasteiger partial charge < -0.3 is 15.2 Å². The minimum Gasteiger partial charge on any atom is -0.371 e. The van der Waals surface area contributed by atoms with Crippen LogP contribution in [0, 0.1) is 5.92 Å². The fourth-order valence-electron chi connectivity index (χ4n) is 6.18. The molecule has 1 saturated carbocycles. The third-order valence-electron chi connectivity index (χ3n) is 8.24. The monoisotopic (exact) mass is 503 g/mol. The number of nitrogens with zero attached hydrogens (tertiary/aromatic N) is 4. The molecule has 3 N–H and O–H groups in total. The Morgan fingerprint density at radius 2 is 1.76 bits per heavy atom. The zero-order valence-corrected chi connectivity index (χ0v) is 21.6. The molecule has 192 valence electrons. The first-order chi connectivity index (χ1) is 18.7. The molecule has 1 aliphatic carbocycles. The Morgan fingerprint density at radius 3 is 2.63 bits per heavy atom. The molecule has 1 aliphatic heterocycles. The molecule has 5 aromatic rings. The van der Waals surface area contributed by atoms with Gasteiger partial charge in [-0.05, 0) is 68.4 Å². The molecule has 0 amide bonds. The van der Waals surface area contributed by atoms with Crippen LogP contribution in [0.4, 0.5) is 11.4 Å². The SMILES string of the molecule is C=C(Nc1cncc(-c2cnc3n[nH]c(-c4cc5c(N6CCCCC6)cccc5[nH]4)c3c2)c1)C1CCCC1. The molecule has 2 fully saturated rings. The number of allylic oxidation sites excluding steroid dienone is 1. The van der Waals surface area contributed by atoms with Crippen LogP contribution in [0.2, 0.25) is 0 Å². The molecule has 5 heterocycles. The number of hydrogen-bond donors (Lipinski definition) is 3. The van der Waals surface area contributed by atoms with Gasteiger partial charge in [0.2, 0.25) is 0 Å². The van der Waals surface area contributed by atoms with Crippen molar-refractivity contribution in [3.63, 3.8) is 0 Å². The lowest BCUT2D eigenvalue weighted by molar-refractivity contribution is 0.579. The van der Waals surface area contributed by atoms with Crippen molar-refractivity contribution in [3.8, 4) is 22.5 Å². The van der Waals surface area contributed by atoms with Crippen LogP contribution in [0.15, 0.2) is 67.3 Å². The van der Waals surface area contributed by atoms with Crippen molar-refractivity contribution >= 4 is 33.3 Å². The van der Waals surface area contributed by atoms with E-state index in [-0.39, 0.29) is 0 Å². The van der Waals surface area contributed by atoms with Gasteiger partial charge in [-0.3, -0.25) is 10.1 Å². The summed E-state index contributed by atoms with van der Waals surface area (Å²) in [5.74, 6) is 0.553. The molecule has 0 unspecified atom stereocenters. The van der Waals surface area contributed by atoms with Crippen LogP contribution in [0.5, 0.6) is 0 Å². The number of H-pyrrole nitrogens is 2. The van der Waals surface area contributed by atoms with Gasteiger partial charge in [-0.15, -0.1) is 0 Å².